The van der Waals surface area contributed by atoms with E-state index in [1.165, 1.54) is 7.11 Å². The highest BCUT2D eigenvalue weighted by Gasteiger charge is 2.49. The number of fused-ring (bicyclic) bond motifs is 2. The summed E-state index contributed by atoms with van der Waals surface area (Å²) in [5, 5.41) is 0. The number of ether oxygens (including phenoxy) is 2. The Kier molecular flexibility index (Phi) is 2.44. The van der Waals surface area contributed by atoms with Gasteiger partial charge in [0.05, 0.1) is 13.0 Å². The van der Waals surface area contributed by atoms with Crippen molar-refractivity contribution in [2.75, 3.05) is 7.11 Å². The van der Waals surface area contributed by atoms with Crippen molar-refractivity contribution >= 4 is 11.9 Å². The Bertz CT molecular complexity index is 261. The molecule has 0 N–H and O–H groups in total. The van der Waals surface area contributed by atoms with Crippen LogP contribution in [0.1, 0.15) is 25.7 Å². The molecule has 0 aromatic rings. The molecule has 14 heavy (non-hydrogen) atoms. The van der Waals surface area contributed by atoms with E-state index in [-0.39, 0.29) is 29.9 Å². The van der Waals surface area contributed by atoms with Crippen molar-refractivity contribution in [2.45, 2.75) is 31.8 Å². The number of carbonyl (C=O) groups is 2. The van der Waals surface area contributed by atoms with Gasteiger partial charge in [-0.05, 0) is 19.3 Å². The van der Waals surface area contributed by atoms with Gasteiger partial charge < -0.3 is 9.47 Å². The lowest BCUT2D eigenvalue weighted by atomic mass is 9.89. The van der Waals surface area contributed by atoms with Crippen molar-refractivity contribution in [3.05, 3.63) is 0 Å². The van der Waals surface area contributed by atoms with Crippen LogP contribution in [-0.4, -0.2) is 25.2 Å². The minimum atomic E-state index is -0.352. The molecule has 0 spiro atoms. The summed E-state index contributed by atoms with van der Waals surface area (Å²) in [6.07, 6.45) is 3.35. The van der Waals surface area contributed by atoms with E-state index >= 15 is 0 Å². The largest absolute Gasteiger partial charge is 0.469 e. The number of hydrogen-bond acceptors (Lipinski definition) is 4. The monoisotopic (exact) mass is 198 g/mol. The standard InChI is InChI=1S/C10H14O4/c1-13-10(12)8-6-4-2-3-5-7(8)14-9(6)11/h6-8H,2-5H2,1H3/t6-,7+,8-/m1/s1. The maximum absolute atomic E-state index is 11.5. The second kappa shape index (κ2) is 3.59. The summed E-state index contributed by atoms with van der Waals surface area (Å²) in [5.41, 5.74) is 0. The zero-order valence-electron chi connectivity index (χ0n) is 8.19. The van der Waals surface area contributed by atoms with Crippen LogP contribution in [0.25, 0.3) is 0 Å². The minimum Gasteiger partial charge on any atom is -0.469 e. The Hall–Kier alpha value is -1.06. The molecule has 2 bridgehead atoms. The van der Waals surface area contributed by atoms with Crippen LogP contribution in [-0.2, 0) is 19.1 Å². The number of methoxy groups -OCH3 is 1. The van der Waals surface area contributed by atoms with Gasteiger partial charge in [0.15, 0.2) is 0 Å². The molecule has 2 aliphatic rings. The quantitative estimate of drug-likeness (QED) is 0.587. The third-order valence-electron chi connectivity index (χ3n) is 3.13. The third kappa shape index (κ3) is 1.38. The van der Waals surface area contributed by atoms with Crippen LogP contribution < -0.4 is 0 Å². The normalized spacial score (nSPS) is 36.1. The molecule has 0 radical (unpaired) electrons. The summed E-state index contributed by atoms with van der Waals surface area (Å²) in [7, 11) is 1.36. The van der Waals surface area contributed by atoms with Crippen molar-refractivity contribution in [3.8, 4) is 0 Å². The van der Waals surface area contributed by atoms with Gasteiger partial charge in [0, 0.05) is 0 Å². The Morgan fingerprint density at radius 1 is 1.43 bits per heavy atom. The molecule has 1 heterocycles. The maximum Gasteiger partial charge on any atom is 0.313 e. The zero-order chi connectivity index (χ0) is 10.1. The fourth-order valence-corrected chi connectivity index (χ4v) is 2.41. The molecule has 2 rings (SSSR count). The van der Waals surface area contributed by atoms with E-state index in [4.69, 9.17) is 9.47 Å². The molecule has 1 saturated heterocycles. The van der Waals surface area contributed by atoms with Gasteiger partial charge in [0.2, 0.25) is 0 Å². The molecule has 1 aliphatic carbocycles. The fraction of sp³-hybridized carbons (Fsp3) is 0.800. The lowest BCUT2D eigenvalue weighted by Crippen LogP contribution is -2.29. The van der Waals surface area contributed by atoms with Gasteiger partial charge in [-0.1, -0.05) is 6.42 Å². The van der Waals surface area contributed by atoms with Crippen LogP contribution in [0.4, 0.5) is 0 Å². The van der Waals surface area contributed by atoms with Crippen LogP contribution >= 0.6 is 0 Å². The van der Waals surface area contributed by atoms with Gasteiger partial charge in [-0.15, -0.1) is 0 Å². The predicted octanol–water partition coefficient (Wildman–Crippen LogP) is 0.891. The second-order valence-corrected chi connectivity index (χ2v) is 3.92. The molecule has 0 aromatic heterocycles. The lowest BCUT2D eigenvalue weighted by molar-refractivity contribution is -0.148. The summed E-state index contributed by atoms with van der Waals surface area (Å²) in [6, 6.07) is 0. The first-order chi connectivity index (χ1) is 6.74. The first kappa shape index (κ1) is 9.49. The van der Waals surface area contributed by atoms with Crippen molar-refractivity contribution < 1.29 is 19.1 Å². The molecular formula is C10H14O4. The summed E-state index contributed by atoms with van der Waals surface area (Å²) >= 11 is 0. The topological polar surface area (TPSA) is 52.6 Å². The first-order valence-electron chi connectivity index (χ1n) is 5.02. The second-order valence-electron chi connectivity index (χ2n) is 3.92. The van der Waals surface area contributed by atoms with E-state index in [0.29, 0.717) is 0 Å². The van der Waals surface area contributed by atoms with Crippen molar-refractivity contribution in [1.82, 2.24) is 0 Å². The van der Waals surface area contributed by atoms with Gasteiger partial charge in [0.25, 0.3) is 0 Å². The summed E-state index contributed by atoms with van der Waals surface area (Å²) in [5.74, 6) is -1.12. The van der Waals surface area contributed by atoms with Crippen LogP contribution in [0.5, 0.6) is 0 Å². The Balaban J connectivity index is 2.21. The van der Waals surface area contributed by atoms with Crippen LogP contribution in [0.3, 0.4) is 0 Å². The first-order valence-corrected chi connectivity index (χ1v) is 5.02. The molecule has 4 nitrogen and oxygen atoms in total. The van der Waals surface area contributed by atoms with E-state index < -0.39 is 0 Å². The highest BCUT2D eigenvalue weighted by molar-refractivity contribution is 5.85. The average molecular weight is 198 g/mol. The molecular weight excluding hydrogens is 184 g/mol. The highest BCUT2D eigenvalue weighted by atomic mass is 16.6. The Morgan fingerprint density at radius 2 is 2.14 bits per heavy atom. The molecule has 0 aromatic carbocycles. The van der Waals surface area contributed by atoms with Gasteiger partial charge in [-0.25, -0.2) is 0 Å². The van der Waals surface area contributed by atoms with Gasteiger partial charge in [-0.2, -0.15) is 0 Å². The van der Waals surface area contributed by atoms with Gasteiger partial charge in [-0.3, -0.25) is 9.59 Å². The zero-order valence-corrected chi connectivity index (χ0v) is 8.19. The van der Waals surface area contributed by atoms with Crippen molar-refractivity contribution in [1.29, 1.82) is 0 Å². The molecule has 3 atom stereocenters. The smallest absolute Gasteiger partial charge is 0.313 e. The lowest BCUT2D eigenvalue weighted by Gasteiger charge is -2.14. The summed E-state index contributed by atoms with van der Waals surface area (Å²) in [6.45, 7) is 0. The highest BCUT2D eigenvalue weighted by Crippen LogP contribution is 2.38. The van der Waals surface area contributed by atoms with E-state index in [9.17, 15) is 9.59 Å². The van der Waals surface area contributed by atoms with Crippen LogP contribution in [0.2, 0.25) is 0 Å². The van der Waals surface area contributed by atoms with E-state index in [1.54, 1.807) is 0 Å². The number of rotatable bonds is 1. The molecule has 0 unspecified atom stereocenters. The molecule has 0 amide bonds. The molecule has 2 fully saturated rings. The predicted molar refractivity (Wildman–Crippen MR) is 47.3 cm³/mol. The Labute approximate surface area is 82.6 Å². The molecule has 1 saturated carbocycles. The SMILES string of the molecule is COC(=O)[C@H]1[C@@H]2CCCC[C@H]1C(=O)O2. The van der Waals surface area contributed by atoms with Gasteiger partial charge in [0.1, 0.15) is 12.0 Å². The molecule has 4 heteroatoms. The number of esters is 2. The maximum atomic E-state index is 11.5. The molecule has 78 valence electrons. The minimum absolute atomic E-state index is 0.217. The van der Waals surface area contributed by atoms with Crippen LogP contribution in [0, 0.1) is 11.8 Å². The molecule has 1 aliphatic heterocycles. The third-order valence-corrected chi connectivity index (χ3v) is 3.13. The van der Waals surface area contributed by atoms with E-state index in [0.717, 1.165) is 25.7 Å². The van der Waals surface area contributed by atoms with Crippen LogP contribution in [0.15, 0.2) is 0 Å². The summed E-state index contributed by atoms with van der Waals surface area (Å²) in [4.78, 5) is 22.9. The van der Waals surface area contributed by atoms with E-state index in [2.05, 4.69) is 0 Å². The number of hydrogen-bond donors (Lipinski definition) is 0. The number of carbonyl (C=O) groups excluding carboxylic acids is 2. The van der Waals surface area contributed by atoms with Crippen molar-refractivity contribution in [3.63, 3.8) is 0 Å². The average Bonchev–Trinajstić information content (AvgIpc) is 2.37. The fourth-order valence-electron chi connectivity index (χ4n) is 2.41. The van der Waals surface area contributed by atoms with E-state index in [1.807, 2.05) is 0 Å². The summed E-state index contributed by atoms with van der Waals surface area (Å²) < 4.78 is 9.86. The van der Waals surface area contributed by atoms with Gasteiger partial charge >= 0.3 is 11.9 Å². The Morgan fingerprint density at radius 3 is 2.86 bits per heavy atom. The van der Waals surface area contributed by atoms with Crippen molar-refractivity contribution in [2.24, 2.45) is 11.8 Å².